The van der Waals surface area contributed by atoms with Gasteiger partial charge in [-0.2, -0.15) is 5.10 Å². The molecule has 0 saturated carbocycles. The fourth-order valence-electron chi connectivity index (χ4n) is 2.89. The number of ether oxygens (including phenoxy) is 1. The molecule has 0 amide bonds. The number of para-hydroxylation sites is 1. The number of hydrogen-bond acceptors (Lipinski definition) is 4. The predicted octanol–water partition coefficient (Wildman–Crippen LogP) is 3.17. The van der Waals surface area contributed by atoms with Crippen molar-refractivity contribution in [2.24, 2.45) is 0 Å². The van der Waals surface area contributed by atoms with Crippen LogP contribution in [0.4, 0.5) is 0 Å². The van der Waals surface area contributed by atoms with E-state index in [0.717, 1.165) is 22.6 Å². The molecule has 128 valence electrons. The normalized spacial score (nSPS) is 10.7. The lowest BCUT2D eigenvalue weighted by Crippen LogP contribution is -2.15. The highest BCUT2D eigenvalue weighted by Crippen LogP contribution is 2.23. The van der Waals surface area contributed by atoms with E-state index in [4.69, 9.17) is 4.74 Å². The summed E-state index contributed by atoms with van der Waals surface area (Å²) in [6.07, 6.45) is 1.45. The minimum absolute atomic E-state index is 0.221. The van der Waals surface area contributed by atoms with Gasteiger partial charge in [0.05, 0.1) is 0 Å². The number of nitrogens with zero attached hydrogens (tertiary/aromatic N) is 2. The average molecular weight is 337 g/mol. The number of Topliss-reactive ketones (excluding diaryl/α,β-unsaturated/α-hetero) is 1. The minimum Gasteiger partial charge on any atom is -0.453 e. The van der Waals surface area contributed by atoms with E-state index in [2.05, 4.69) is 10.2 Å². The van der Waals surface area contributed by atoms with Gasteiger partial charge >= 0.3 is 5.97 Å². The molecule has 1 aromatic carbocycles. The third kappa shape index (κ3) is 3.24. The van der Waals surface area contributed by atoms with Crippen molar-refractivity contribution in [3.8, 4) is 5.69 Å². The fourth-order valence-corrected chi connectivity index (χ4v) is 2.89. The molecule has 0 unspecified atom stereocenters. The Kier molecular flexibility index (Phi) is 4.52. The molecule has 6 nitrogen and oxygen atoms in total. The van der Waals surface area contributed by atoms with E-state index in [9.17, 15) is 9.59 Å². The Labute approximate surface area is 145 Å². The molecule has 2 aromatic heterocycles. The third-order valence-corrected chi connectivity index (χ3v) is 4.14. The summed E-state index contributed by atoms with van der Waals surface area (Å²) >= 11 is 0. The van der Waals surface area contributed by atoms with Crippen molar-refractivity contribution in [3.05, 3.63) is 70.8 Å². The molecule has 3 rings (SSSR count). The van der Waals surface area contributed by atoms with Gasteiger partial charge in [-0.05, 0) is 44.5 Å². The minimum atomic E-state index is -0.599. The van der Waals surface area contributed by atoms with E-state index in [1.54, 1.807) is 0 Å². The second kappa shape index (κ2) is 6.76. The lowest BCUT2D eigenvalue weighted by Gasteiger charge is -2.12. The van der Waals surface area contributed by atoms with E-state index in [1.165, 1.54) is 12.3 Å². The lowest BCUT2D eigenvalue weighted by molar-refractivity contribution is 0.0468. The summed E-state index contributed by atoms with van der Waals surface area (Å²) in [4.78, 5) is 24.3. The third-order valence-electron chi connectivity index (χ3n) is 4.14. The number of ketones is 1. The number of benzene rings is 1. The van der Waals surface area contributed by atoms with Crippen LogP contribution in [0.2, 0.25) is 0 Å². The van der Waals surface area contributed by atoms with Gasteiger partial charge in [0.15, 0.2) is 6.61 Å². The van der Waals surface area contributed by atoms with Crippen molar-refractivity contribution >= 4 is 11.8 Å². The maximum absolute atomic E-state index is 12.5. The van der Waals surface area contributed by atoms with E-state index < -0.39 is 5.97 Å². The van der Waals surface area contributed by atoms with Crippen LogP contribution in [0.3, 0.4) is 0 Å². The number of aromatic nitrogens is 3. The van der Waals surface area contributed by atoms with Crippen LogP contribution < -0.4 is 0 Å². The maximum Gasteiger partial charge on any atom is 0.356 e. The number of nitrogens with one attached hydrogen (secondary N) is 1. The second-order valence-corrected chi connectivity index (χ2v) is 5.88. The molecule has 0 bridgehead atoms. The van der Waals surface area contributed by atoms with Crippen molar-refractivity contribution in [2.45, 2.75) is 20.8 Å². The Hall–Kier alpha value is -3.15. The van der Waals surface area contributed by atoms with E-state index in [1.807, 2.05) is 55.7 Å². The van der Waals surface area contributed by atoms with Gasteiger partial charge < -0.3 is 9.30 Å². The molecule has 0 spiro atoms. The summed E-state index contributed by atoms with van der Waals surface area (Å²) in [6, 6.07) is 11.3. The Morgan fingerprint density at radius 1 is 1.16 bits per heavy atom. The van der Waals surface area contributed by atoms with Crippen LogP contribution in [0, 0.1) is 20.8 Å². The first-order valence-electron chi connectivity index (χ1n) is 7.93. The highest BCUT2D eigenvalue weighted by atomic mass is 16.5. The van der Waals surface area contributed by atoms with E-state index in [0.29, 0.717) is 5.56 Å². The summed E-state index contributed by atoms with van der Waals surface area (Å²) < 4.78 is 7.11. The van der Waals surface area contributed by atoms with E-state index >= 15 is 0 Å². The highest BCUT2D eigenvalue weighted by molar-refractivity contribution is 6.00. The number of rotatable bonds is 5. The molecule has 0 radical (unpaired) electrons. The molecule has 0 fully saturated rings. The number of hydrogen-bond donors (Lipinski definition) is 1. The number of H-pyrrole nitrogens is 1. The zero-order valence-electron chi connectivity index (χ0n) is 14.4. The summed E-state index contributed by atoms with van der Waals surface area (Å²) in [5.74, 6) is -0.834. The van der Waals surface area contributed by atoms with Crippen LogP contribution in [0.15, 0.2) is 42.6 Å². The molecule has 0 aliphatic heterocycles. The van der Waals surface area contributed by atoms with Crippen molar-refractivity contribution in [1.29, 1.82) is 0 Å². The van der Waals surface area contributed by atoms with Gasteiger partial charge in [-0.15, -0.1) is 0 Å². The second-order valence-electron chi connectivity index (χ2n) is 5.88. The topological polar surface area (TPSA) is 77.0 Å². The molecule has 25 heavy (non-hydrogen) atoms. The largest absolute Gasteiger partial charge is 0.453 e. The van der Waals surface area contributed by atoms with Crippen molar-refractivity contribution in [2.75, 3.05) is 6.61 Å². The van der Waals surface area contributed by atoms with Gasteiger partial charge in [-0.25, -0.2) is 4.79 Å². The lowest BCUT2D eigenvalue weighted by atomic mass is 10.1. The molecule has 0 saturated heterocycles. The Balaban J connectivity index is 1.81. The summed E-state index contributed by atoms with van der Waals surface area (Å²) in [5.41, 5.74) is 4.71. The Bertz CT molecular complexity index is 924. The van der Waals surface area contributed by atoms with Crippen LogP contribution in [0.1, 0.15) is 37.8 Å². The summed E-state index contributed by atoms with van der Waals surface area (Å²) in [6.45, 7) is 5.56. The molecule has 2 heterocycles. The first-order valence-corrected chi connectivity index (χ1v) is 7.93. The van der Waals surface area contributed by atoms with Crippen molar-refractivity contribution < 1.29 is 14.3 Å². The molecule has 0 aliphatic rings. The maximum atomic E-state index is 12.5. The summed E-state index contributed by atoms with van der Waals surface area (Å²) in [5, 5.41) is 6.20. The molecule has 0 atom stereocenters. The highest BCUT2D eigenvalue weighted by Gasteiger charge is 2.19. The Morgan fingerprint density at radius 3 is 2.60 bits per heavy atom. The van der Waals surface area contributed by atoms with Crippen LogP contribution >= 0.6 is 0 Å². The summed E-state index contributed by atoms with van der Waals surface area (Å²) in [7, 11) is 0. The van der Waals surface area contributed by atoms with Gasteiger partial charge in [-0.3, -0.25) is 9.89 Å². The van der Waals surface area contributed by atoms with Crippen molar-refractivity contribution in [3.63, 3.8) is 0 Å². The SMILES string of the molecule is Cc1ccccc1-n1c(C)cc(C(=O)COC(=O)c2ccn[nH]2)c1C. The standard InChI is InChI=1S/C19H19N3O3/c1-12-6-4-5-7-17(12)22-13(2)10-15(14(22)3)18(23)11-25-19(24)16-8-9-20-21-16/h4-10H,11H2,1-3H3,(H,20,21). The number of carbonyl (C=O) groups excluding carboxylic acids is 2. The van der Waals surface area contributed by atoms with Gasteiger partial charge in [0, 0.05) is 28.8 Å². The zero-order valence-corrected chi connectivity index (χ0v) is 14.4. The molecule has 1 N–H and O–H groups in total. The molecular formula is C19H19N3O3. The predicted molar refractivity (Wildman–Crippen MR) is 93.2 cm³/mol. The van der Waals surface area contributed by atoms with Gasteiger partial charge in [0.1, 0.15) is 5.69 Å². The quantitative estimate of drug-likeness (QED) is 0.573. The first-order chi connectivity index (χ1) is 12.0. The van der Waals surface area contributed by atoms with Crippen LogP contribution in [0.5, 0.6) is 0 Å². The fraction of sp³-hybridized carbons (Fsp3) is 0.211. The van der Waals surface area contributed by atoms with Gasteiger partial charge in [-0.1, -0.05) is 18.2 Å². The number of carbonyl (C=O) groups is 2. The van der Waals surface area contributed by atoms with Crippen LogP contribution in [-0.4, -0.2) is 33.1 Å². The molecule has 3 aromatic rings. The Morgan fingerprint density at radius 2 is 1.92 bits per heavy atom. The monoisotopic (exact) mass is 337 g/mol. The molecule has 6 heteroatoms. The molecular weight excluding hydrogens is 318 g/mol. The first kappa shape index (κ1) is 16.7. The van der Waals surface area contributed by atoms with E-state index in [-0.39, 0.29) is 18.1 Å². The van der Waals surface area contributed by atoms with Gasteiger partial charge in [0.2, 0.25) is 5.78 Å². The number of aromatic amines is 1. The number of esters is 1. The van der Waals surface area contributed by atoms with Crippen molar-refractivity contribution in [1.82, 2.24) is 14.8 Å². The van der Waals surface area contributed by atoms with Gasteiger partial charge in [0.25, 0.3) is 0 Å². The average Bonchev–Trinajstić information content (AvgIpc) is 3.22. The molecule has 0 aliphatic carbocycles. The van der Waals surface area contributed by atoms with Crippen LogP contribution in [-0.2, 0) is 4.74 Å². The number of aryl methyl sites for hydroxylation is 2. The smallest absolute Gasteiger partial charge is 0.356 e. The zero-order chi connectivity index (χ0) is 18.0. The van der Waals surface area contributed by atoms with Crippen LogP contribution in [0.25, 0.3) is 5.69 Å².